The third kappa shape index (κ3) is 3.15. The average Bonchev–Trinajstić information content (AvgIpc) is 3.32. The molecule has 28 heavy (non-hydrogen) atoms. The molecule has 2 aliphatic heterocycles. The number of hydrogen-bond donors (Lipinski definition) is 0. The van der Waals surface area contributed by atoms with Gasteiger partial charge in [0.1, 0.15) is 11.9 Å². The van der Waals surface area contributed by atoms with E-state index in [0.717, 1.165) is 37.0 Å². The fourth-order valence-corrected chi connectivity index (χ4v) is 4.41. The molecule has 4 heterocycles. The molecule has 6 nitrogen and oxygen atoms in total. The Bertz CT molecular complexity index is 943. The van der Waals surface area contributed by atoms with Gasteiger partial charge in [-0.15, -0.1) is 0 Å². The van der Waals surface area contributed by atoms with Gasteiger partial charge in [-0.05, 0) is 25.0 Å². The van der Waals surface area contributed by atoms with Gasteiger partial charge in [0.2, 0.25) is 0 Å². The normalized spacial score (nSPS) is 23.6. The second-order valence-corrected chi connectivity index (χ2v) is 7.44. The molecule has 0 spiro atoms. The third-order valence-electron chi connectivity index (χ3n) is 5.65. The van der Waals surface area contributed by atoms with Crippen LogP contribution in [0.25, 0.3) is 11.3 Å². The first kappa shape index (κ1) is 17.0. The lowest BCUT2D eigenvalue weighted by Gasteiger charge is -2.38. The molecule has 2 saturated heterocycles. The third-order valence-corrected chi connectivity index (χ3v) is 5.65. The zero-order chi connectivity index (χ0) is 18.9. The van der Waals surface area contributed by atoms with Crippen molar-refractivity contribution >= 4 is 5.91 Å². The topological polar surface area (TPSA) is 68.5 Å². The molecule has 1 aromatic carbocycles. The first-order valence-electron chi connectivity index (χ1n) is 9.69. The van der Waals surface area contributed by atoms with Crippen molar-refractivity contribution in [3.05, 3.63) is 66.6 Å². The minimum atomic E-state index is -0.0433. The van der Waals surface area contributed by atoms with Gasteiger partial charge >= 0.3 is 0 Å². The van der Waals surface area contributed by atoms with Crippen molar-refractivity contribution in [2.45, 2.75) is 43.9 Å². The van der Waals surface area contributed by atoms with Crippen LogP contribution in [0.3, 0.4) is 0 Å². The number of pyridine rings is 1. The van der Waals surface area contributed by atoms with Gasteiger partial charge in [0, 0.05) is 42.8 Å². The minimum absolute atomic E-state index is 0.0433. The summed E-state index contributed by atoms with van der Waals surface area (Å²) in [7, 11) is 0. The molecule has 2 bridgehead atoms. The number of carbonyl (C=O) groups is 1. The predicted octanol–water partition coefficient (Wildman–Crippen LogP) is 3.95. The van der Waals surface area contributed by atoms with Gasteiger partial charge in [0.25, 0.3) is 5.91 Å². The molecule has 1 amide bonds. The number of benzene rings is 1. The molecule has 0 radical (unpaired) electrons. The number of fused-ring (bicyclic) bond motifs is 2. The number of amides is 1. The first-order chi connectivity index (χ1) is 13.8. The Morgan fingerprint density at radius 3 is 2.57 bits per heavy atom. The number of rotatable bonds is 4. The second kappa shape index (κ2) is 7.11. The van der Waals surface area contributed by atoms with Crippen LogP contribution in [-0.4, -0.2) is 39.1 Å². The van der Waals surface area contributed by atoms with Crippen molar-refractivity contribution in [2.24, 2.45) is 0 Å². The number of carbonyl (C=O) groups excluding carboxylic acids is 1. The number of hydrogen-bond acceptors (Lipinski definition) is 5. The number of nitrogens with zero attached hydrogens (tertiary/aromatic N) is 3. The van der Waals surface area contributed by atoms with Gasteiger partial charge < -0.3 is 14.2 Å². The largest absolute Gasteiger partial charge is 0.489 e. The smallest absolute Gasteiger partial charge is 0.276 e. The highest BCUT2D eigenvalue weighted by atomic mass is 16.5. The molecule has 0 aliphatic carbocycles. The van der Waals surface area contributed by atoms with Gasteiger partial charge in [-0.25, -0.2) is 0 Å². The highest BCUT2D eigenvalue weighted by molar-refractivity contribution is 5.93. The van der Waals surface area contributed by atoms with Crippen molar-refractivity contribution in [2.75, 3.05) is 0 Å². The van der Waals surface area contributed by atoms with E-state index in [1.54, 1.807) is 18.5 Å². The van der Waals surface area contributed by atoms with Gasteiger partial charge in [-0.1, -0.05) is 35.5 Å². The molecular weight excluding hydrogens is 354 g/mol. The van der Waals surface area contributed by atoms with Crippen molar-refractivity contribution in [3.63, 3.8) is 0 Å². The average molecular weight is 375 g/mol. The van der Waals surface area contributed by atoms with E-state index in [-0.39, 0.29) is 24.1 Å². The zero-order valence-electron chi connectivity index (χ0n) is 15.4. The molecule has 5 rings (SSSR count). The summed E-state index contributed by atoms with van der Waals surface area (Å²) >= 11 is 0. The van der Waals surface area contributed by atoms with Crippen molar-refractivity contribution in [1.82, 2.24) is 15.0 Å². The first-order valence-corrected chi connectivity index (χ1v) is 9.69. The van der Waals surface area contributed by atoms with Crippen LogP contribution >= 0.6 is 0 Å². The Morgan fingerprint density at radius 2 is 1.86 bits per heavy atom. The second-order valence-electron chi connectivity index (χ2n) is 7.44. The summed E-state index contributed by atoms with van der Waals surface area (Å²) in [4.78, 5) is 19.2. The Kier molecular flexibility index (Phi) is 4.31. The van der Waals surface area contributed by atoms with Crippen LogP contribution in [0.4, 0.5) is 0 Å². The van der Waals surface area contributed by atoms with E-state index in [0.29, 0.717) is 11.5 Å². The standard InChI is InChI=1S/C22H21N3O3/c26-22(20-13-21(28-24-20)15-5-2-1-3-6-15)25-16-8-9-17(25)12-19(11-16)27-18-7-4-10-23-14-18/h1-7,10,13-14,16-17,19H,8-9,11-12H2. The molecule has 2 fully saturated rings. The highest BCUT2D eigenvalue weighted by Crippen LogP contribution is 2.38. The van der Waals surface area contributed by atoms with Crippen LogP contribution < -0.4 is 4.74 Å². The number of aromatic nitrogens is 2. The lowest BCUT2D eigenvalue weighted by Crippen LogP contribution is -2.49. The van der Waals surface area contributed by atoms with Gasteiger partial charge in [0.05, 0.1) is 6.20 Å². The van der Waals surface area contributed by atoms with E-state index in [4.69, 9.17) is 9.26 Å². The van der Waals surface area contributed by atoms with E-state index < -0.39 is 0 Å². The number of ether oxygens (including phenoxy) is 1. The Balaban J connectivity index is 1.30. The minimum Gasteiger partial charge on any atom is -0.489 e. The fraction of sp³-hybridized carbons (Fsp3) is 0.318. The van der Waals surface area contributed by atoms with Crippen LogP contribution in [0.2, 0.25) is 0 Å². The molecule has 0 N–H and O–H groups in total. The number of piperidine rings is 1. The Morgan fingerprint density at radius 1 is 1.07 bits per heavy atom. The SMILES string of the molecule is O=C(c1cc(-c2ccccc2)on1)N1C2CCC1CC(Oc1cccnc1)C2. The van der Waals surface area contributed by atoms with Crippen LogP contribution in [0.15, 0.2) is 65.4 Å². The van der Waals surface area contributed by atoms with E-state index in [1.165, 1.54) is 0 Å². The van der Waals surface area contributed by atoms with Crippen molar-refractivity contribution in [1.29, 1.82) is 0 Å². The molecule has 142 valence electrons. The molecule has 2 unspecified atom stereocenters. The summed E-state index contributed by atoms with van der Waals surface area (Å²) in [5.41, 5.74) is 1.29. The molecule has 2 aliphatic rings. The summed E-state index contributed by atoms with van der Waals surface area (Å²) in [5.74, 6) is 1.36. The Hall–Kier alpha value is -3.15. The van der Waals surface area contributed by atoms with Crippen LogP contribution in [0.1, 0.15) is 36.2 Å². The quantitative estimate of drug-likeness (QED) is 0.691. The monoisotopic (exact) mass is 375 g/mol. The lowest BCUT2D eigenvalue weighted by atomic mass is 9.99. The van der Waals surface area contributed by atoms with Gasteiger partial charge in [0.15, 0.2) is 11.5 Å². The zero-order valence-corrected chi connectivity index (χ0v) is 15.4. The lowest BCUT2D eigenvalue weighted by molar-refractivity contribution is 0.0350. The maximum Gasteiger partial charge on any atom is 0.276 e. The van der Waals surface area contributed by atoms with E-state index in [9.17, 15) is 4.79 Å². The molecule has 2 aromatic heterocycles. The molecular formula is C22H21N3O3. The van der Waals surface area contributed by atoms with Crippen molar-refractivity contribution in [3.8, 4) is 17.1 Å². The summed E-state index contributed by atoms with van der Waals surface area (Å²) in [6.45, 7) is 0. The summed E-state index contributed by atoms with van der Waals surface area (Å²) in [5, 5.41) is 4.05. The van der Waals surface area contributed by atoms with E-state index in [1.807, 2.05) is 47.4 Å². The molecule has 6 heteroatoms. The molecule has 2 atom stereocenters. The van der Waals surface area contributed by atoms with Crippen molar-refractivity contribution < 1.29 is 14.1 Å². The van der Waals surface area contributed by atoms with Crippen LogP contribution in [0, 0.1) is 0 Å². The van der Waals surface area contributed by atoms with Gasteiger partial charge in [-0.2, -0.15) is 0 Å². The summed E-state index contributed by atoms with van der Waals surface area (Å²) in [6, 6.07) is 15.6. The molecule has 3 aromatic rings. The maximum atomic E-state index is 13.1. The predicted molar refractivity (Wildman–Crippen MR) is 103 cm³/mol. The van der Waals surface area contributed by atoms with Crippen LogP contribution in [-0.2, 0) is 0 Å². The summed E-state index contributed by atoms with van der Waals surface area (Å²) in [6.07, 6.45) is 7.27. The van der Waals surface area contributed by atoms with Gasteiger partial charge in [-0.3, -0.25) is 9.78 Å². The fourth-order valence-electron chi connectivity index (χ4n) is 4.41. The summed E-state index contributed by atoms with van der Waals surface area (Å²) < 4.78 is 11.5. The van der Waals surface area contributed by atoms with E-state index >= 15 is 0 Å². The van der Waals surface area contributed by atoms with E-state index in [2.05, 4.69) is 10.1 Å². The molecule has 0 saturated carbocycles. The van der Waals surface area contributed by atoms with Crippen LogP contribution in [0.5, 0.6) is 5.75 Å². The maximum absolute atomic E-state index is 13.1. The Labute approximate surface area is 163 Å². The highest BCUT2D eigenvalue weighted by Gasteiger charge is 2.45.